The van der Waals surface area contributed by atoms with E-state index in [2.05, 4.69) is 10.1 Å². The van der Waals surface area contributed by atoms with Crippen molar-refractivity contribution in [1.82, 2.24) is 14.8 Å². The molecular weight excluding hydrogens is 224 g/mol. The number of carbonyl (C=O) groups excluding carboxylic acids is 1. The number of hydrogen-bond donors (Lipinski definition) is 1. The maximum atomic E-state index is 11.6. The van der Waals surface area contributed by atoms with E-state index in [9.17, 15) is 4.79 Å². The summed E-state index contributed by atoms with van der Waals surface area (Å²) in [6.07, 6.45) is 2.64. The molecule has 1 aliphatic heterocycles. The van der Waals surface area contributed by atoms with Crippen molar-refractivity contribution in [2.45, 2.75) is 6.17 Å². The zero-order valence-corrected chi connectivity index (χ0v) is 9.02. The highest BCUT2D eigenvalue weighted by Crippen LogP contribution is 2.23. The summed E-state index contributed by atoms with van der Waals surface area (Å²) in [5, 5.41) is 6.18. The summed E-state index contributed by atoms with van der Waals surface area (Å²) in [5.74, 6) is 0.702. The fourth-order valence-electron chi connectivity index (χ4n) is 1.55. The van der Waals surface area contributed by atoms with Gasteiger partial charge in [-0.25, -0.2) is 9.67 Å². The molecule has 5 nitrogen and oxygen atoms in total. The Morgan fingerprint density at radius 1 is 1.50 bits per heavy atom. The highest BCUT2D eigenvalue weighted by Gasteiger charge is 2.23. The van der Waals surface area contributed by atoms with Crippen molar-refractivity contribution in [3.8, 4) is 10.7 Å². The highest BCUT2D eigenvalue weighted by molar-refractivity contribution is 7.13. The van der Waals surface area contributed by atoms with Crippen LogP contribution >= 0.6 is 11.3 Å². The quantitative estimate of drug-likeness (QED) is 0.802. The Bertz CT molecular complexity index is 570. The summed E-state index contributed by atoms with van der Waals surface area (Å²) in [5.41, 5.74) is 5.80. The number of rotatable bonds is 1. The predicted octanol–water partition coefficient (Wildman–Crippen LogP) is 1.22. The third-order valence-corrected chi connectivity index (χ3v) is 3.19. The standard InChI is InChI=1S/C10H8N4OS/c11-8-4-3-6(15)10-12-9(13-14(8)10)7-2-1-5-16-7/h1-5,8H,11H2. The Hall–Kier alpha value is -1.79. The third-order valence-electron chi connectivity index (χ3n) is 2.32. The molecular formula is C10H8N4OS. The van der Waals surface area contributed by atoms with E-state index in [4.69, 9.17) is 5.73 Å². The lowest BCUT2D eigenvalue weighted by Gasteiger charge is -2.12. The van der Waals surface area contributed by atoms with Crippen molar-refractivity contribution in [2.75, 3.05) is 0 Å². The van der Waals surface area contributed by atoms with Gasteiger partial charge in [0.1, 0.15) is 6.17 Å². The Labute approximate surface area is 95.2 Å². The van der Waals surface area contributed by atoms with Crippen LogP contribution in [0, 0.1) is 0 Å². The molecule has 3 rings (SSSR count). The molecule has 2 N–H and O–H groups in total. The number of fused-ring (bicyclic) bond motifs is 1. The first-order chi connectivity index (χ1) is 7.75. The summed E-state index contributed by atoms with van der Waals surface area (Å²) in [6.45, 7) is 0. The normalized spacial score (nSPS) is 18.8. The Morgan fingerprint density at radius 2 is 2.38 bits per heavy atom. The summed E-state index contributed by atoms with van der Waals surface area (Å²) in [6, 6.07) is 3.83. The number of aromatic nitrogens is 3. The highest BCUT2D eigenvalue weighted by atomic mass is 32.1. The summed E-state index contributed by atoms with van der Waals surface area (Å²) < 4.78 is 1.46. The topological polar surface area (TPSA) is 73.8 Å². The minimum atomic E-state index is -0.408. The molecule has 0 fully saturated rings. The zero-order chi connectivity index (χ0) is 11.1. The lowest BCUT2D eigenvalue weighted by Crippen LogP contribution is -2.25. The van der Waals surface area contributed by atoms with Crippen LogP contribution in [0.5, 0.6) is 0 Å². The molecule has 1 unspecified atom stereocenters. The van der Waals surface area contributed by atoms with Crippen LogP contribution in [0.15, 0.2) is 29.7 Å². The van der Waals surface area contributed by atoms with Crippen molar-refractivity contribution >= 4 is 17.1 Å². The van der Waals surface area contributed by atoms with Gasteiger partial charge in [-0.1, -0.05) is 6.07 Å². The SMILES string of the molecule is NC1C=CC(=O)c2nc(-c3cccs3)nn21. The molecule has 0 amide bonds. The van der Waals surface area contributed by atoms with E-state index in [1.807, 2.05) is 17.5 Å². The number of allylic oxidation sites excluding steroid dienone is 1. The van der Waals surface area contributed by atoms with E-state index in [0.717, 1.165) is 4.88 Å². The Kier molecular flexibility index (Phi) is 1.98. The van der Waals surface area contributed by atoms with Gasteiger partial charge in [0.2, 0.25) is 11.6 Å². The Morgan fingerprint density at radius 3 is 3.06 bits per heavy atom. The molecule has 1 aliphatic rings. The average Bonchev–Trinajstić information content (AvgIpc) is 2.90. The monoisotopic (exact) mass is 232 g/mol. The number of carbonyl (C=O) groups is 1. The van der Waals surface area contributed by atoms with Crippen LogP contribution in [-0.4, -0.2) is 20.5 Å². The van der Waals surface area contributed by atoms with Gasteiger partial charge >= 0.3 is 0 Å². The van der Waals surface area contributed by atoms with Crippen LogP contribution in [0.1, 0.15) is 16.8 Å². The van der Waals surface area contributed by atoms with E-state index >= 15 is 0 Å². The summed E-state index contributed by atoms with van der Waals surface area (Å²) >= 11 is 1.53. The molecule has 2 aromatic heterocycles. The van der Waals surface area contributed by atoms with Crippen LogP contribution in [0.4, 0.5) is 0 Å². The molecule has 6 heteroatoms. The molecule has 0 radical (unpaired) electrons. The molecule has 0 saturated heterocycles. The van der Waals surface area contributed by atoms with Crippen molar-refractivity contribution in [3.63, 3.8) is 0 Å². The third kappa shape index (κ3) is 1.31. The number of hydrogen-bond acceptors (Lipinski definition) is 5. The van der Waals surface area contributed by atoms with Gasteiger partial charge in [-0.2, -0.15) is 0 Å². The van der Waals surface area contributed by atoms with E-state index in [-0.39, 0.29) is 5.78 Å². The number of nitrogens with two attached hydrogens (primary N) is 1. The van der Waals surface area contributed by atoms with Crippen LogP contribution < -0.4 is 5.73 Å². The minimum Gasteiger partial charge on any atom is -0.306 e. The fourth-order valence-corrected chi connectivity index (χ4v) is 2.20. The second-order valence-electron chi connectivity index (χ2n) is 3.39. The molecule has 2 aromatic rings. The molecule has 1 atom stereocenters. The molecule has 0 bridgehead atoms. The number of ketones is 1. The van der Waals surface area contributed by atoms with E-state index in [1.54, 1.807) is 6.08 Å². The number of nitrogens with zero attached hydrogens (tertiary/aromatic N) is 3. The molecule has 3 heterocycles. The second-order valence-corrected chi connectivity index (χ2v) is 4.34. The van der Waals surface area contributed by atoms with Crippen molar-refractivity contribution in [3.05, 3.63) is 35.5 Å². The van der Waals surface area contributed by atoms with Gasteiger partial charge in [-0.3, -0.25) is 4.79 Å². The molecule has 0 aromatic carbocycles. The van der Waals surface area contributed by atoms with Crippen LogP contribution in [0.25, 0.3) is 10.7 Å². The molecule has 16 heavy (non-hydrogen) atoms. The lowest BCUT2D eigenvalue weighted by atomic mass is 10.2. The van der Waals surface area contributed by atoms with E-state index < -0.39 is 6.17 Å². The average molecular weight is 232 g/mol. The molecule has 80 valence electrons. The first kappa shape index (κ1) is 9.44. The van der Waals surface area contributed by atoms with Crippen LogP contribution in [0.2, 0.25) is 0 Å². The van der Waals surface area contributed by atoms with Crippen molar-refractivity contribution in [1.29, 1.82) is 0 Å². The minimum absolute atomic E-state index is 0.156. The maximum Gasteiger partial charge on any atom is 0.222 e. The second kappa shape index (κ2) is 3.36. The predicted molar refractivity (Wildman–Crippen MR) is 60.0 cm³/mol. The van der Waals surface area contributed by atoms with Gasteiger partial charge in [0, 0.05) is 0 Å². The smallest absolute Gasteiger partial charge is 0.222 e. The Balaban J connectivity index is 2.14. The summed E-state index contributed by atoms with van der Waals surface area (Å²) in [4.78, 5) is 16.7. The molecule has 0 saturated carbocycles. The van der Waals surface area contributed by atoms with Crippen LogP contribution in [-0.2, 0) is 0 Å². The fraction of sp³-hybridized carbons (Fsp3) is 0.100. The lowest BCUT2D eigenvalue weighted by molar-refractivity contribution is 0.102. The summed E-state index contributed by atoms with van der Waals surface area (Å²) in [7, 11) is 0. The molecule has 0 spiro atoms. The van der Waals surface area contributed by atoms with Gasteiger partial charge < -0.3 is 5.73 Å². The van der Waals surface area contributed by atoms with Gasteiger partial charge in [0.05, 0.1) is 4.88 Å². The van der Waals surface area contributed by atoms with Crippen molar-refractivity contribution in [2.24, 2.45) is 5.73 Å². The zero-order valence-electron chi connectivity index (χ0n) is 8.20. The van der Waals surface area contributed by atoms with E-state index in [1.165, 1.54) is 22.1 Å². The van der Waals surface area contributed by atoms with Gasteiger partial charge in [0.25, 0.3) is 0 Å². The molecule has 0 aliphatic carbocycles. The van der Waals surface area contributed by atoms with Crippen molar-refractivity contribution < 1.29 is 4.79 Å². The van der Waals surface area contributed by atoms with Gasteiger partial charge in [-0.15, -0.1) is 16.4 Å². The van der Waals surface area contributed by atoms with Crippen LogP contribution in [0.3, 0.4) is 0 Å². The largest absolute Gasteiger partial charge is 0.306 e. The maximum absolute atomic E-state index is 11.6. The number of thiophene rings is 1. The first-order valence-electron chi connectivity index (χ1n) is 4.74. The van der Waals surface area contributed by atoms with E-state index in [0.29, 0.717) is 11.6 Å². The van der Waals surface area contributed by atoms with Gasteiger partial charge in [0.15, 0.2) is 5.82 Å². The van der Waals surface area contributed by atoms with Gasteiger partial charge in [-0.05, 0) is 23.6 Å². The first-order valence-corrected chi connectivity index (χ1v) is 5.62.